The highest BCUT2D eigenvalue weighted by atomic mass is 19.1. The number of hydrogen-bond donors (Lipinski definition) is 3. The molecule has 0 bridgehead atoms. The normalized spacial score (nSPS) is 17.2. The summed E-state index contributed by atoms with van der Waals surface area (Å²) in [5, 5.41) is 12.5. The quantitative estimate of drug-likeness (QED) is 0.345. The molecule has 234 valence electrons. The van der Waals surface area contributed by atoms with Crippen LogP contribution in [0, 0.1) is 11.7 Å². The summed E-state index contributed by atoms with van der Waals surface area (Å²) in [6.07, 6.45) is 6.46. The zero-order valence-corrected chi connectivity index (χ0v) is 25.6. The van der Waals surface area contributed by atoms with Gasteiger partial charge in [-0.05, 0) is 63.5 Å². The molecule has 4 rings (SSSR count). The maximum absolute atomic E-state index is 15.4. The monoisotopic (exact) mass is 597 g/mol. The van der Waals surface area contributed by atoms with E-state index in [1.807, 2.05) is 21.0 Å². The van der Waals surface area contributed by atoms with Crippen LogP contribution in [0.2, 0.25) is 0 Å². The summed E-state index contributed by atoms with van der Waals surface area (Å²) in [7, 11) is 3.92. The number of aryl methyl sites for hydroxylation is 1. The van der Waals surface area contributed by atoms with Gasteiger partial charge in [-0.3, -0.25) is 23.9 Å². The fourth-order valence-corrected chi connectivity index (χ4v) is 5.77. The number of benzene rings is 1. The van der Waals surface area contributed by atoms with E-state index in [2.05, 4.69) is 25.9 Å². The number of nitrogens with zero attached hydrogens (tertiary/aromatic N) is 4. The number of rotatable bonds is 12. The van der Waals surface area contributed by atoms with E-state index in [1.165, 1.54) is 12.1 Å². The van der Waals surface area contributed by atoms with E-state index in [0.29, 0.717) is 30.9 Å². The minimum Gasteiger partial charge on any atom is -0.344 e. The molecule has 43 heavy (non-hydrogen) atoms. The van der Waals surface area contributed by atoms with Crippen molar-refractivity contribution in [2.75, 3.05) is 32.5 Å². The molecule has 0 spiro atoms. The van der Waals surface area contributed by atoms with Crippen LogP contribution >= 0.6 is 0 Å². The molecule has 2 aromatic rings. The number of halogens is 1. The van der Waals surface area contributed by atoms with Gasteiger partial charge in [-0.25, -0.2) is 4.39 Å². The van der Waals surface area contributed by atoms with Gasteiger partial charge in [0.15, 0.2) is 0 Å². The number of likely N-dealkylation sites (N-methyl/N-ethyl adjacent to an activating group) is 1. The summed E-state index contributed by atoms with van der Waals surface area (Å²) >= 11 is 0. The first-order valence-corrected chi connectivity index (χ1v) is 15.3. The topological polar surface area (TPSA) is 129 Å². The Morgan fingerprint density at radius 1 is 1.05 bits per heavy atom. The summed E-state index contributed by atoms with van der Waals surface area (Å²) in [5.41, 5.74) is 0.862. The lowest BCUT2D eigenvalue weighted by Crippen LogP contribution is -2.63. The largest absolute Gasteiger partial charge is 0.344 e. The van der Waals surface area contributed by atoms with Crippen LogP contribution in [0.4, 0.5) is 10.1 Å². The van der Waals surface area contributed by atoms with E-state index in [9.17, 15) is 19.2 Å². The number of amides is 4. The summed E-state index contributed by atoms with van der Waals surface area (Å²) in [6, 6.07) is 4.60. The number of aromatic nitrogens is 2. The van der Waals surface area contributed by atoms with Crippen LogP contribution in [0.3, 0.4) is 0 Å². The van der Waals surface area contributed by atoms with E-state index in [4.69, 9.17) is 0 Å². The van der Waals surface area contributed by atoms with Gasteiger partial charge < -0.3 is 25.8 Å². The Kier molecular flexibility index (Phi) is 10.9. The summed E-state index contributed by atoms with van der Waals surface area (Å²) in [5.74, 6) is -2.07. The van der Waals surface area contributed by atoms with E-state index < -0.39 is 29.7 Å². The summed E-state index contributed by atoms with van der Waals surface area (Å²) in [6.45, 7) is 5.24. The van der Waals surface area contributed by atoms with E-state index >= 15 is 4.39 Å². The van der Waals surface area contributed by atoms with Crippen LogP contribution in [0.1, 0.15) is 68.4 Å². The van der Waals surface area contributed by atoms with Gasteiger partial charge in [-0.15, -0.1) is 0 Å². The van der Waals surface area contributed by atoms with Crippen molar-refractivity contribution in [3.8, 4) is 0 Å². The smallest absolute Gasteiger partial charge is 0.270 e. The Morgan fingerprint density at radius 2 is 1.77 bits per heavy atom. The van der Waals surface area contributed by atoms with Gasteiger partial charge in [0.2, 0.25) is 17.7 Å². The van der Waals surface area contributed by atoms with Crippen LogP contribution in [-0.2, 0) is 27.3 Å². The third-order valence-electron chi connectivity index (χ3n) is 8.53. The Balaban J connectivity index is 1.46. The van der Waals surface area contributed by atoms with Crippen molar-refractivity contribution < 1.29 is 23.6 Å². The molecule has 1 saturated heterocycles. The highest BCUT2D eigenvalue weighted by Gasteiger charge is 2.36. The standard InChI is InChI=1S/C31H44FN7O4/c1-5-27(40)34-25(31(43)38-18-22(19-38)37(3)4)17-20-12-13-24(23(32)16-20)35-30(42)28(21-10-8-7-9-11-21)36-29(41)26-14-15-33-39(26)6-2/h12-16,21-22,25,28H,5-11,17-19H2,1-4H3,(H,34,40)(H,35,42)(H,36,41)/t25-,28+/m1/s1. The van der Waals surface area contributed by atoms with Crippen molar-refractivity contribution in [2.24, 2.45) is 5.92 Å². The molecular formula is C31H44FN7O4. The first-order chi connectivity index (χ1) is 20.6. The lowest BCUT2D eigenvalue weighted by Gasteiger charge is -2.44. The molecule has 1 aliphatic carbocycles. The van der Waals surface area contributed by atoms with Crippen molar-refractivity contribution in [2.45, 2.75) is 83.5 Å². The number of carbonyl (C=O) groups is 4. The average molecular weight is 598 g/mol. The summed E-state index contributed by atoms with van der Waals surface area (Å²) in [4.78, 5) is 55.7. The minimum absolute atomic E-state index is 0.0144. The van der Waals surface area contributed by atoms with E-state index in [-0.39, 0.29) is 42.3 Å². The zero-order valence-electron chi connectivity index (χ0n) is 25.6. The van der Waals surface area contributed by atoms with Gasteiger partial charge in [-0.1, -0.05) is 32.3 Å². The number of nitrogens with one attached hydrogen (secondary N) is 3. The molecule has 2 aliphatic rings. The Hall–Kier alpha value is -3.80. The fraction of sp³-hybridized carbons (Fsp3) is 0.581. The molecule has 3 N–H and O–H groups in total. The number of anilines is 1. The maximum atomic E-state index is 15.4. The highest BCUT2D eigenvalue weighted by molar-refractivity contribution is 6.00. The molecule has 11 nitrogen and oxygen atoms in total. The molecule has 1 aliphatic heterocycles. The Bertz CT molecular complexity index is 1300. The second-order valence-electron chi connectivity index (χ2n) is 11.7. The molecular weight excluding hydrogens is 553 g/mol. The van der Waals surface area contributed by atoms with Crippen LogP contribution in [0.15, 0.2) is 30.5 Å². The van der Waals surface area contributed by atoms with Gasteiger partial charge in [0.1, 0.15) is 23.6 Å². The molecule has 2 heterocycles. The van der Waals surface area contributed by atoms with Gasteiger partial charge in [0.25, 0.3) is 5.91 Å². The number of hydrogen-bond acceptors (Lipinski definition) is 6. The zero-order chi connectivity index (χ0) is 31.1. The van der Waals surface area contributed by atoms with Crippen LogP contribution in [-0.4, -0.2) is 88.5 Å². The number of carbonyl (C=O) groups excluding carboxylic acids is 4. The first kappa shape index (κ1) is 32.1. The second-order valence-corrected chi connectivity index (χ2v) is 11.7. The lowest BCUT2D eigenvalue weighted by molar-refractivity contribution is -0.142. The first-order valence-electron chi connectivity index (χ1n) is 15.3. The average Bonchev–Trinajstić information content (AvgIpc) is 3.45. The molecule has 1 aromatic heterocycles. The Labute approximate surface area is 252 Å². The lowest BCUT2D eigenvalue weighted by atomic mass is 9.83. The van der Waals surface area contributed by atoms with Crippen molar-refractivity contribution in [3.63, 3.8) is 0 Å². The van der Waals surface area contributed by atoms with Crippen molar-refractivity contribution in [1.29, 1.82) is 0 Å². The molecule has 2 fully saturated rings. The predicted octanol–water partition coefficient (Wildman–Crippen LogP) is 2.57. The predicted molar refractivity (Wildman–Crippen MR) is 161 cm³/mol. The third-order valence-corrected chi connectivity index (χ3v) is 8.53. The van der Waals surface area contributed by atoms with Crippen molar-refractivity contribution in [3.05, 3.63) is 47.5 Å². The molecule has 2 atom stereocenters. The maximum Gasteiger partial charge on any atom is 0.270 e. The minimum atomic E-state index is -0.833. The van der Waals surface area contributed by atoms with E-state index in [0.717, 1.165) is 32.1 Å². The molecule has 0 unspecified atom stereocenters. The third kappa shape index (κ3) is 7.98. The van der Waals surface area contributed by atoms with Gasteiger partial charge in [0.05, 0.1) is 5.69 Å². The van der Waals surface area contributed by atoms with Gasteiger partial charge in [0, 0.05) is 44.7 Å². The number of likely N-dealkylation sites (tertiary alicyclic amines) is 1. The van der Waals surface area contributed by atoms with E-state index in [1.54, 1.807) is 34.8 Å². The Morgan fingerprint density at radius 3 is 2.40 bits per heavy atom. The molecule has 0 radical (unpaired) electrons. The van der Waals surface area contributed by atoms with Gasteiger partial charge >= 0.3 is 0 Å². The van der Waals surface area contributed by atoms with Crippen molar-refractivity contribution >= 4 is 29.3 Å². The summed E-state index contributed by atoms with van der Waals surface area (Å²) < 4.78 is 16.9. The molecule has 12 heteroatoms. The second kappa shape index (κ2) is 14.6. The molecule has 1 aromatic carbocycles. The van der Waals surface area contributed by atoms with Crippen LogP contribution in [0.5, 0.6) is 0 Å². The van der Waals surface area contributed by atoms with Crippen molar-refractivity contribution in [1.82, 2.24) is 30.2 Å². The fourth-order valence-electron chi connectivity index (χ4n) is 5.77. The van der Waals surface area contributed by atoms with Crippen LogP contribution < -0.4 is 16.0 Å². The molecule has 4 amide bonds. The van der Waals surface area contributed by atoms with Crippen LogP contribution in [0.25, 0.3) is 0 Å². The van der Waals surface area contributed by atoms with Gasteiger partial charge in [-0.2, -0.15) is 5.10 Å². The molecule has 1 saturated carbocycles. The SMILES string of the molecule is CCC(=O)N[C@H](Cc1ccc(NC(=O)[C@@H](NC(=O)c2ccnn2CC)C2CCCCC2)c(F)c1)C(=O)N1CC(N(C)C)C1. The highest BCUT2D eigenvalue weighted by Crippen LogP contribution is 2.28.